The van der Waals surface area contributed by atoms with Gasteiger partial charge >= 0.3 is 6.18 Å². The molecule has 114 valence electrons. The van der Waals surface area contributed by atoms with Crippen molar-refractivity contribution in [2.75, 3.05) is 6.54 Å². The topological polar surface area (TPSA) is 29.9 Å². The Kier molecular flexibility index (Phi) is 4.03. The highest BCUT2D eigenvalue weighted by molar-refractivity contribution is 7.09. The molecule has 0 saturated carbocycles. The van der Waals surface area contributed by atoms with E-state index >= 15 is 0 Å². The van der Waals surface area contributed by atoms with Crippen LogP contribution in [0.25, 0.3) is 0 Å². The summed E-state index contributed by atoms with van der Waals surface area (Å²) in [6.07, 6.45) is -1.72. The summed E-state index contributed by atoms with van der Waals surface area (Å²) < 4.78 is 39.6. The van der Waals surface area contributed by atoms with Crippen LogP contribution in [0.5, 0.6) is 0 Å². The second-order valence-electron chi connectivity index (χ2n) is 5.31. The smallest absolute Gasteiger partial charge is 0.334 e. The monoisotopic (exact) mass is 315 g/mol. The van der Waals surface area contributed by atoms with Crippen LogP contribution < -0.4 is 5.32 Å². The van der Waals surface area contributed by atoms with Crippen LogP contribution in [0.2, 0.25) is 0 Å². The van der Waals surface area contributed by atoms with Gasteiger partial charge in [-0.15, -0.1) is 11.3 Å². The molecule has 1 N–H and O–H groups in total. The molecule has 3 heterocycles. The predicted octanol–water partition coefficient (Wildman–Crippen LogP) is 3.32. The molecule has 0 aliphatic carbocycles. The Morgan fingerprint density at radius 1 is 1.43 bits per heavy atom. The van der Waals surface area contributed by atoms with Crippen molar-refractivity contribution in [1.82, 2.24) is 14.9 Å². The molecule has 0 saturated heterocycles. The molecule has 1 atom stereocenters. The molecule has 2 aromatic heterocycles. The van der Waals surface area contributed by atoms with Gasteiger partial charge in [-0.25, -0.2) is 4.98 Å². The summed E-state index contributed by atoms with van der Waals surface area (Å²) in [7, 11) is 0. The number of nitrogens with one attached hydrogen (secondary N) is 1. The average Bonchev–Trinajstić information content (AvgIpc) is 3.05. The highest BCUT2D eigenvalue weighted by Gasteiger charge is 2.35. The Morgan fingerprint density at radius 3 is 3.00 bits per heavy atom. The molecule has 0 spiro atoms. The predicted molar refractivity (Wildman–Crippen MR) is 75.1 cm³/mol. The van der Waals surface area contributed by atoms with E-state index in [0.717, 1.165) is 25.7 Å². The molecule has 0 radical (unpaired) electrons. The number of hydrogen-bond donors (Lipinski definition) is 1. The number of thiophene rings is 1. The van der Waals surface area contributed by atoms with Gasteiger partial charge in [0.15, 0.2) is 5.69 Å². The van der Waals surface area contributed by atoms with E-state index in [0.29, 0.717) is 24.7 Å². The number of rotatable bonds is 4. The Morgan fingerprint density at radius 2 is 2.29 bits per heavy atom. The fraction of sp³-hybridized carbons (Fsp3) is 0.500. The summed E-state index contributed by atoms with van der Waals surface area (Å²) >= 11 is 1.70. The van der Waals surface area contributed by atoms with Crippen molar-refractivity contribution in [2.45, 2.75) is 32.1 Å². The highest BCUT2D eigenvalue weighted by atomic mass is 32.1. The van der Waals surface area contributed by atoms with Gasteiger partial charge in [-0.2, -0.15) is 13.2 Å². The van der Waals surface area contributed by atoms with Crippen LogP contribution in [0.3, 0.4) is 0 Å². The van der Waals surface area contributed by atoms with Crippen molar-refractivity contribution >= 4 is 11.3 Å². The van der Waals surface area contributed by atoms with Crippen molar-refractivity contribution in [1.29, 1.82) is 0 Å². The minimum absolute atomic E-state index is 0.354. The third kappa shape index (κ3) is 3.47. The Balaban J connectivity index is 1.56. The number of nitrogens with zero attached hydrogens (tertiary/aromatic N) is 2. The molecule has 7 heteroatoms. The first-order chi connectivity index (χ1) is 10.0. The number of fused-ring (bicyclic) bond motifs is 1. The maximum Gasteiger partial charge on any atom is 0.434 e. The molecular formula is C14H16F3N3S. The number of hydrogen-bond acceptors (Lipinski definition) is 3. The molecule has 3 rings (SSSR count). The molecule has 0 aromatic carbocycles. The van der Waals surface area contributed by atoms with Crippen molar-refractivity contribution < 1.29 is 13.2 Å². The van der Waals surface area contributed by atoms with Crippen LogP contribution in [0.15, 0.2) is 23.7 Å². The lowest BCUT2D eigenvalue weighted by molar-refractivity contribution is -0.141. The molecule has 21 heavy (non-hydrogen) atoms. The second-order valence-corrected chi connectivity index (χ2v) is 6.34. The average molecular weight is 315 g/mol. The lowest BCUT2D eigenvalue weighted by atomic mass is 9.99. The van der Waals surface area contributed by atoms with Gasteiger partial charge in [0.25, 0.3) is 0 Å². The summed E-state index contributed by atoms with van der Waals surface area (Å²) in [6.45, 7) is 2.24. The Hall–Kier alpha value is -1.34. The van der Waals surface area contributed by atoms with Crippen molar-refractivity contribution in [2.24, 2.45) is 5.92 Å². The third-order valence-corrected chi connectivity index (χ3v) is 4.57. The molecule has 1 aliphatic rings. The van der Waals surface area contributed by atoms with Gasteiger partial charge in [-0.3, -0.25) is 0 Å². The zero-order valence-electron chi connectivity index (χ0n) is 11.4. The minimum atomic E-state index is -4.35. The standard InChI is InChI=1S/C14H16F3N3S/c15-14(16,17)12-9-20-8-10(3-4-13(20)19-12)6-18-7-11-2-1-5-21-11/h1-2,5,9-10,18H,3-4,6-8H2/t10-/m0/s1. The number of aryl methyl sites for hydroxylation is 1. The van der Waals surface area contributed by atoms with Crippen molar-refractivity contribution in [3.63, 3.8) is 0 Å². The molecule has 0 fully saturated rings. The van der Waals surface area contributed by atoms with Gasteiger partial charge in [-0.1, -0.05) is 6.07 Å². The van der Waals surface area contributed by atoms with Crippen LogP contribution in [0.4, 0.5) is 13.2 Å². The molecular weight excluding hydrogens is 299 g/mol. The summed E-state index contributed by atoms with van der Waals surface area (Å²) in [6, 6.07) is 4.08. The van der Waals surface area contributed by atoms with E-state index in [-0.39, 0.29) is 0 Å². The maximum absolute atomic E-state index is 12.6. The number of imidazole rings is 1. The largest absolute Gasteiger partial charge is 0.434 e. The first kappa shape index (κ1) is 14.6. The lowest BCUT2D eigenvalue weighted by Gasteiger charge is -2.23. The minimum Gasteiger partial charge on any atom is -0.334 e. The Bertz CT molecular complexity index is 589. The summed E-state index contributed by atoms with van der Waals surface area (Å²) in [4.78, 5) is 4.97. The number of halogens is 3. The van der Waals surface area contributed by atoms with E-state index in [4.69, 9.17) is 0 Å². The van der Waals surface area contributed by atoms with Gasteiger partial charge in [0.05, 0.1) is 0 Å². The summed E-state index contributed by atoms with van der Waals surface area (Å²) in [5.74, 6) is 0.907. The van der Waals surface area contributed by atoms with E-state index < -0.39 is 11.9 Å². The van der Waals surface area contributed by atoms with E-state index in [1.165, 1.54) is 4.88 Å². The second kappa shape index (κ2) is 5.81. The molecule has 0 amide bonds. The highest BCUT2D eigenvalue weighted by Crippen LogP contribution is 2.30. The fourth-order valence-corrected chi connectivity index (χ4v) is 3.30. The fourth-order valence-electron chi connectivity index (χ4n) is 2.63. The van der Waals surface area contributed by atoms with Crippen LogP contribution in [0, 0.1) is 5.92 Å². The van der Waals surface area contributed by atoms with Crippen LogP contribution in [-0.2, 0) is 25.7 Å². The zero-order valence-corrected chi connectivity index (χ0v) is 12.2. The molecule has 3 nitrogen and oxygen atoms in total. The number of alkyl halides is 3. The van der Waals surface area contributed by atoms with Gasteiger partial charge in [-0.05, 0) is 23.8 Å². The SMILES string of the molecule is FC(F)(F)c1cn2c(n1)CC[C@@H](CNCc1cccs1)C2. The van der Waals surface area contributed by atoms with E-state index in [2.05, 4.69) is 16.4 Å². The van der Waals surface area contributed by atoms with Gasteiger partial charge < -0.3 is 9.88 Å². The quantitative estimate of drug-likeness (QED) is 0.938. The van der Waals surface area contributed by atoms with Gasteiger partial charge in [0.1, 0.15) is 5.82 Å². The van der Waals surface area contributed by atoms with Crippen LogP contribution in [-0.4, -0.2) is 16.1 Å². The van der Waals surface area contributed by atoms with E-state index in [1.807, 2.05) is 11.4 Å². The molecule has 2 aromatic rings. The van der Waals surface area contributed by atoms with E-state index in [1.54, 1.807) is 15.9 Å². The zero-order chi connectivity index (χ0) is 14.9. The van der Waals surface area contributed by atoms with Gasteiger partial charge in [0, 0.05) is 37.1 Å². The number of aromatic nitrogens is 2. The van der Waals surface area contributed by atoms with Crippen molar-refractivity contribution in [3.8, 4) is 0 Å². The normalized spacial score (nSPS) is 18.7. The third-order valence-electron chi connectivity index (χ3n) is 3.69. The molecule has 1 aliphatic heterocycles. The first-order valence-electron chi connectivity index (χ1n) is 6.88. The van der Waals surface area contributed by atoms with Crippen LogP contribution >= 0.6 is 11.3 Å². The maximum atomic E-state index is 12.6. The Labute approximate surface area is 124 Å². The molecule has 0 bridgehead atoms. The van der Waals surface area contributed by atoms with Crippen molar-refractivity contribution in [3.05, 3.63) is 40.1 Å². The summed E-state index contributed by atoms with van der Waals surface area (Å²) in [5, 5.41) is 5.42. The molecule has 0 unspecified atom stereocenters. The first-order valence-corrected chi connectivity index (χ1v) is 7.76. The van der Waals surface area contributed by atoms with E-state index in [9.17, 15) is 13.2 Å². The summed E-state index contributed by atoms with van der Waals surface area (Å²) in [5.41, 5.74) is -0.773. The van der Waals surface area contributed by atoms with Gasteiger partial charge in [0.2, 0.25) is 0 Å². The lowest BCUT2D eigenvalue weighted by Crippen LogP contribution is -2.29. The van der Waals surface area contributed by atoms with Crippen LogP contribution in [0.1, 0.15) is 22.8 Å².